The molecule has 0 spiro atoms. The number of hydrogen-bond donors (Lipinski definition) is 2. The minimum atomic E-state index is -1.21. The zero-order chi connectivity index (χ0) is 18.5. The number of benzene rings is 1. The quantitative estimate of drug-likeness (QED) is 0.498. The van der Waals surface area contributed by atoms with Crippen LogP contribution < -0.4 is 10.1 Å². The lowest BCUT2D eigenvalue weighted by atomic mass is 9.64. The fourth-order valence-corrected chi connectivity index (χ4v) is 4.49. The Morgan fingerprint density at radius 3 is 2.40 bits per heavy atom. The number of ketones is 1. The average Bonchev–Trinajstić information content (AvgIpc) is 2.85. The van der Waals surface area contributed by atoms with Gasteiger partial charge in [-0.15, -0.1) is 0 Å². The second kappa shape index (κ2) is 5.58. The van der Waals surface area contributed by atoms with Gasteiger partial charge in [-0.2, -0.15) is 0 Å². The molecule has 2 aliphatic rings. The molecule has 0 aliphatic heterocycles. The minimum Gasteiger partial charge on any atom is -0.494 e. The number of anilines is 1. The van der Waals surface area contributed by atoms with E-state index < -0.39 is 16.2 Å². The van der Waals surface area contributed by atoms with E-state index >= 15 is 0 Å². The summed E-state index contributed by atoms with van der Waals surface area (Å²) in [6.07, 6.45) is 1.10. The molecule has 2 atom stereocenters. The predicted octanol–water partition coefficient (Wildman–Crippen LogP) is 3.25. The van der Waals surface area contributed by atoms with Crippen molar-refractivity contribution in [3.8, 4) is 5.75 Å². The maximum atomic E-state index is 13.1. The molecule has 2 fully saturated rings. The normalized spacial score (nSPS) is 31.4. The van der Waals surface area contributed by atoms with Gasteiger partial charge in [-0.25, -0.2) is 0 Å². The topological polar surface area (TPSA) is 88.0 Å². The van der Waals surface area contributed by atoms with Crippen LogP contribution in [-0.2, 0) is 9.59 Å². The number of oxime groups is 1. The predicted molar refractivity (Wildman–Crippen MR) is 94.0 cm³/mol. The lowest BCUT2D eigenvalue weighted by Gasteiger charge is -2.37. The SMILES string of the molecule is CCOc1ccc(NC(=O)C23CCC(C)(/C(=N/O)C2=O)C3(C)C)cc1. The summed E-state index contributed by atoms with van der Waals surface area (Å²) in [4.78, 5) is 26.1. The Labute approximate surface area is 147 Å². The number of ether oxygens (including phenoxy) is 1. The Kier molecular flexibility index (Phi) is 3.89. The number of rotatable bonds is 4. The molecule has 2 aliphatic carbocycles. The molecule has 2 bridgehead atoms. The third-order valence-corrected chi connectivity index (χ3v) is 6.48. The zero-order valence-corrected chi connectivity index (χ0v) is 15.0. The van der Waals surface area contributed by atoms with Crippen LogP contribution in [0.3, 0.4) is 0 Å². The largest absolute Gasteiger partial charge is 0.494 e. The second-order valence-electron chi connectivity index (χ2n) is 7.55. The fourth-order valence-electron chi connectivity index (χ4n) is 4.49. The van der Waals surface area contributed by atoms with Crippen LogP contribution in [0, 0.1) is 16.2 Å². The van der Waals surface area contributed by atoms with Gasteiger partial charge in [-0.3, -0.25) is 9.59 Å². The highest BCUT2D eigenvalue weighted by molar-refractivity contribution is 6.51. The molecule has 0 heterocycles. The van der Waals surface area contributed by atoms with Crippen LogP contribution in [0.5, 0.6) is 5.75 Å². The first kappa shape index (κ1) is 17.5. The van der Waals surface area contributed by atoms with E-state index in [0.717, 1.165) is 5.75 Å². The summed E-state index contributed by atoms with van der Waals surface area (Å²) < 4.78 is 5.39. The van der Waals surface area contributed by atoms with Gasteiger partial charge < -0.3 is 15.3 Å². The van der Waals surface area contributed by atoms with E-state index in [0.29, 0.717) is 25.1 Å². The number of nitrogens with zero attached hydrogens (tertiary/aromatic N) is 1. The highest BCUT2D eigenvalue weighted by atomic mass is 16.5. The second-order valence-corrected chi connectivity index (χ2v) is 7.55. The molecule has 0 saturated heterocycles. The number of Topliss-reactive ketones (excluding diaryl/α,β-unsaturated/α-hetero) is 1. The van der Waals surface area contributed by atoms with Gasteiger partial charge in [-0.1, -0.05) is 25.9 Å². The molecule has 1 amide bonds. The molecule has 2 N–H and O–H groups in total. The molecule has 134 valence electrons. The number of fused-ring (bicyclic) bond motifs is 2. The first-order valence-electron chi connectivity index (χ1n) is 8.56. The summed E-state index contributed by atoms with van der Waals surface area (Å²) in [6, 6.07) is 7.05. The van der Waals surface area contributed by atoms with Crippen LogP contribution in [-0.4, -0.2) is 29.2 Å². The fraction of sp³-hybridized carbons (Fsp3) is 0.526. The van der Waals surface area contributed by atoms with Crippen molar-refractivity contribution in [3.05, 3.63) is 24.3 Å². The maximum Gasteiger partial charge on any atom is 0.239 e. The minimum absolute atomic E-state index is 0.116. The van der Waals surface area contributed by atoms with Crippen molar-refractivity contribution < 1.29 is 19.5 Å². The smallest absolute Gasteiger partial charge is 0.239 e. The van der Waals surface area contributed by atoms with Gasteiger partial charge in [-0.05, 0) is 49.4 Å². The van der Waals surface area contributed by atoms with E-state index in [1.165, 1.54) is 0 Å². The third kappa shape index (κ3) is 2.06. The molecular weight excluding hydrogens is 320 g/mol. The van der Waals surface area contributed by atoms with E-state index in [4.69, 9.17) is 4.74 Å². The molecule has 6 heteroatoms. The van der Waals surface area contributed by atoms with Gasteiger partial charge in [0.25, 0.3) is 0 Å². The third-order valence-electron chi connectivity index (χ3n) is 6.48. The first-order valence-corrected chi connectivity index (χ1v) is 8.56. The molecule has 0 aromatic heterocycles. The number of hydrogen-bond acceptors (Lipinski definition) is 5. The summed E-state index contributed by atoms with van der Waals surface area (Å²) in [6.45, 7) is 8.19. The molecule has 1 aromatic carbocycles. The first-order chi connectivity index (χ1) is 11.7. The number of carbonyl (C=O) groups is 2. The average molecular weight is 344 g/mol. The highest BCUT2D eigenvalue weighted by Crippen LogP contribution is 2.69. The summed E-state index contributed by atoms with van der Waals surface area (Å²) in [5.41, 5.74) is -1.72. The van der Waals surface area contributed by atoms with Crippen LogP contribution in [0.15, 0.2) is 29.4 Å². The van der Waals surface area contributed by atoms with E-state index in [9.17, 15) is 14.8 Å². The van der Waals surface area contributed by atoms with E-state index in [1.54, 1.807) is 24.3 Å². The Hall–Kier alpha value is -2.37. The standard InChI is InChI=1S/C19H24N2O4/c1-5-25-13-8-6-12(7-9-13)20-16(23)19-11-10-18(4,17(19,2)3)14(21-24)15(19)22/h6-9,24H,5,10-11H2,1-4H3,(H,20,23)/b21-14+. The lowest BCUT2D eigenvalue weighted by molar-refractivity contribution is -0.140. The molecule has 3 rings (SSSR count). The van der Waals surface area contributed by atoms with Crippen LogP contribution in [0.4, 0.5) is 5.69 Å². The van der Waals surface area contributed by atoms with Crippen molar-refractivity contribution in [2.45, 2.75) is 40.5 Å². The molecule has 2 unspecified atom stereocenters. The van der Waals surface area contributed by atoms with Crippen LogP contribution >= 0.6 is 0 Å². The van der Waals surface area contributed by atoms with Gasteiger partial charge >= 0.3 is 0 Å². The van der Waals surface area contributed by atoms with Crippen LogP contribution in [0.1, 0.15) is 40.5 Å². The van der Waals surface area contributed by atoms with Gasteiger partial charge in [0.1, 0.15) is 16.9 Å². The van der Waals surface area contributed by atoms with Crippen molar-refractivity contribution in [2.75, 3.05) is 11.9 Å². The molecule has 2 saturated carbocycles. The molecular formula is C19H24N2O4. The van der Waals surface area contributed by atoms with Gasteiger partial charge in [0.2, 0.25) is 5.91 Å². The van der Waals surface area contributed by atoms with Gasteiger partial charge in [0.15, 0.2) is 5.78 Å². The monoisotopic (exact) mass is 344 g/mol. The van der Waals surface area contributed by atoms with E-state index in [2.05, 4.69) is 10.5 Å². The van der Waals surface area contributed by atoms with Crippen molar-refractivity contribution in [1.82, 2.24) is 0 Å². The number of amides is 1. The Morgan fingerprint density at radius 2 is 1.88 bits per heavy atom. The van der Waals surface area contributed by atoms with E-state index in [-0.39, 0.29) is 17.4 Å². The summed E-state index contributed by atoms with van der Waals surface area (Å²) in [5.74, 6) is 0.0188. The van der Waals surface area contributed by atoms with Crippen molar-refractivity contribution >= 4 is 23.1 Å². The summed E-state index contributed by atoms with van der Waals surface area (Å²) in [7, 11) is 0. The van der Waals surface area contributed by atoms with Gasteiger partial charge in [0.05, 0.1) is 6.61 Å². The lowest BCUT2D eigenvalue weighted by Crippen LogP contribution is -2.47. The number of nitrogens with one attached hydrogen (secondary N) is 1. The van der Waals surface area contributed by atoms with Crippen LogP contribution in [0.2, 0.25) is 0 Å². The molecule has 6 nitrogen and oxygen atoms in total. The Balaban J connectivity index is 1.92. The maximum absolute atomic E-state index is 13.1. The Bertz CT molecular complexity index is 753. The van der Waals surface area contributed by atoms with Crippen molar-refractivity contribution in [1.29, 1.82) is 0 Å². The van der Waals surface area contributed by atoms with E-state index in [1.807, 2.05) is 27.7 Å². The van der Waals surface area contributed by atoms with Crippen molar-refractivity contribution in [3.63, 3.8) is 0 Å². The molecule has 0 radical (unpaired) electrons. The van der Waals surface area contributed by atoms with Crippen LogP contribution in [0.25, 0.3) is 0 Å². The molecule has 1 aromatic rings. The van der Waals surface area contributed by atoms with Crippen molar-refractivity contribution in [2.24, 2.45) is 21.4 Å². The molecule has 25 heavy (non-hydrogen) atoms. The Morgan fingerprint density at radius 1 is 1.24 bits per heavy atom. The highest BCUT2D eigenvalue weighted by Gasteiger charge is 2.76. The zero-order valence-electron chi connectivity index (χ0n) is 15.0. The van der Waals surface area contributed by atoms with Gasteiger partial charge in [0, 0.05) is 11.1 Å². The summed E-state index contributed by atoms with van der Waals surface area (Å²) in [5, 5.41) is 15.5. The number of carbonyl (C=O) groups excluding carboxylic acids is 2. The summed E-state index contributed by atoms with van der Waals surface area (Å²) >= 11 is 0.